The van der Waals surface area contributed by atoms with Crippen LogP contribution in [0.25, 0.3) is 6.08 Å². The highest BCUT2D eigenvalue weighted by Gasteiger charge is 2.32. The van der Waals surface area contributed by atoms with Gasteiger partial charge >= 0.3 is 0 Å². The zero-order chi connectivity index (χ0) is 21.0. The second kappa shape index (κ2) is 8.98. The summed E-state index contributed by atoms with van der Waals surface area (Å²) in [6.45, 7) is 3.64. The van der Waals surface area contributed by atoms with Gasteiger partial charge in [0.25, 0.3) is 11.8 Å². The van der Waals surface area contributed by atoms with Crippen molar-refractivity contribution in [2.45, 2.75) is 6.61 Å². The molecule has 1 heterocycles. The van der Waals surface area contributed by atoms with Gasteiger partial charge in [-0.3, -0.25) is 19.8 Å². The molecule has 0 saturated carbocycles. The van der Waals surface area contributed by atoms with Crippen molar-refractivity contribution in [2.24, 2.45) is 0 Å². The Morgan fingerprint density at radius 2 is 1.97 bits per heavy atom. The Balaban J connectivity index is 1.90. The van der Waals surface area contributed by atoms with Crippen molar-refractivity contribution in [1.82, 2.24) is 10.2 Å². The predicted molar refractivity (Wildman–Crippen MR) is 113 cm³/mol. The summed E-state index contributed by atoms with van der Waals surface area (Å²) in [5.41, 5.74) is 0.593. The molecule has 1 N–H and O–H groups in total. The molecule has 1 fully saturated rings. The standard InChI is InChI=1S/C21H16ClFN2O3S/c1-2-10-25-20(27)14(19(26)24-21(25)29)11-13-6-3-4-9-18(13)28-12-15-16(22)7-5-8-17(15)23/h2-9,11H,1,10,12H2,(H,24,26,29). The molecule has 0 aromatic heterocycles. The molecule has 2 amide bonds. The van der Waals surface area contributed by atoms with Crippen LogP contribution < -0.4 is 10.1 Å². The number of para-hydroxylation sites is 1. The lowest BCUT2D eigenvalue weighted by atomic mass is 10.1. The summed E-state index contributed by atoms with van der Waals surface area (Å²) < 4.78 is 19.7. The largest absolute Gasteiger partial charge is 0.488 e. The first-order valence-corrected chi connectivity index (χ1v) is 9.35. The van der Waals surface area contributed by atoms with Crippen LogP contribution in [-0.4, -0.2) is 28.4 Å². The van der Waals surface area contributed by atoms with Crippen molar-refractivity contribution < 1.29 is 18.7 Å². The Labute approximate surface area is 177 Å². The summed E-state index contributed by atoms with van der Waals surface area (Å²) in [5.74, 6) is -1.26. The summed E-state index contributed by atoms with van der Waals surface area (Å²) in [6.07, 6.45) is 2.92. The van der Waals surface area contributed by atoms with Crippen molar-refractivity contribution in [3.63, 3.8) is 0 Å². The molecule has 29 heavy (non-hydrogen) atoms. The van der Waals surface area contributed by atoms with Gasteiger partial charge in [0, 0.05) is 17.7 Å². The molecule has 2 aromatic carbocycles. The van der Waals surface area contributed by atoms with Crippen molar-refractivity contribution in [3.05, 3.63) is 82.7 Å². The summed E-state index contributed by atoms with van der Waals surface area (Å²) in [4.78, 5) is 26.2. The Hall–Kier alpha value is -3.03. The van der Waals surface area contributed by atoms with E-state index >= 15 is 0 Å². The molecule has 1 saturated heterocycles. The number of hydrogen-bond acceptors (Lipinski definition) is 4. The van der Waals surface area contributed by atoms with Gasteiger partial charge < -0.3 is 4.74 Å². The van der Waals surface area contributed by atoms with E-state index in [-0.39, 0.29) is 34.4 Å². The fourth-order valence-electron chi connectivity index (χ4n) is 2.70. The van der Waals surface area contributed by atoms with E-state index in [4.69, 9.17) is 28.6 Å². The van der Waals surface area contributed by atoms with Crippen LogP contribution in [0.5, 0.6) is 5.75 Å². The lowest BCUT2D eigenvalue weighted by Gasteiger charge is -2.27. The van der Waals surface area contributed by atoms with Crippen LogP contribution in [0.15, 0.2) is 60.7 Å². The maximum absolute atomic E-state index is 14.0. The van der Waals surface area contributed by atoms with Crippen molar-refractivity contribution in [3.8, 4) is 5.75 Å². The molecule has 148 valence electrons. The number of carbonyl (C=O) groups is 2. The van der Waals surface area contributed by atoms with Crippen LogP contribution in [0.1, 0.15) is 11.1 Å². The quantitative estimate of drug-likeness (QED) is 0.327. The van der Waals surface area contributed by atoms with E-state index in [0.29, 0.717) is 11.3 Å². The van der Waals surface area contributed by atoms with Crippen LogP contribution in [0.4, 0.5) is 4.39 Å². The minimum Gasteiger partial charge on any atom is -0.488 e. The number of carbonyl (C=O) groups excluding carboxylic acids is 2. The number of nitrogens with one attached hydrogen (secondary N) is 1. The van der Waals surface area contributed by atoms with Gasteiger partial charge in [0.2, 0.25) is 0 Å². The minimum absolute atomic E-state index is 0.0239. The van der Waals surface area contributed by atoms with Gasteiger partial charge in [-0.15, -0.1) is 6.58 Å². The molecule has 8 heteroatoms. The number of rotatable bonds is 6. The highest BCUT2D eigenvalue weighted by molar-refractivity contribution is 7.80. The number of amides is 2. The van der Waals surface area contributed by atoms with Crippen LogP contribution in [0.3, 0.4) is 0 Å². The number of ether oxygens (including phenoxy) is 1. The van der Waals surface area contributed by atoms with E-state index < -0.39 is 17.6 Å². The van der Waals surface area contributed by atoms with E-state index in [1.165, 1.54) is 29.2 Å². The molecule has 0 radical (unpaired) electrons. The van der Waals surface area contributed by atoms with Crippen LogP contribution >= 0.6 is 23.8 Å². The van der Waals surface area contributed by atoms with Gasteiger partial charge in [-0.2, -0.15) is 0 Å². The molecular weight excluding hydrogens is 415 g/mol. The highest BCUT2D eigenvalue weighted by atomic mass is 35.5. The molecule has 1 aliphatic heterocycles. The topological polar surface area (TPSA) is 58.6 Å². The lowest BCUT2D eigenvalue weighted by Crippen LogP contribution is -2.53. The molecule has 5 nitrogen and oxygen atoms in total. The predicted octanol–water partition coefficient (Wildman–Crippen LogP) is 3.87. The van der Waals surface area contributed by atoms with E-state index in [2.05, 4.69) is 11.9 Å². The summed E-state index contributed by atoms with van der Waals surface area (Å²) in [6, 6.07) is 11.1. The summed E-state index contributed by atoms with van der Waals surface area (Å²) >= 11 is 11.1. The first kappa shape index (κ1) is 20.7. The molecule has 0 atom stereocenters. The average molecular weight is 431 g/mol. The second-order valence-electron chi connectivity index (χ2n) is 6.05. The maximum Gasteiger partial charge on any atom is 0.265 e. The third kappa shape index (κ3) is 4.52. The molecule has 0 spiro atoms. The fourth-order valence-corrected chi connectivity index (χ4v) is 3.16. The SMILES string of the molecule is C=CCN1C(=O)C(=Cc2ccccc2OCc2c(F)cccc2Cl)C(=O)NC1=S. The fraction of sp³-hybridized carbons (Fsp3) is 0.0952. The molecule has 2 aromatic rings. The third-order valence-electron chi connectivity index (χ3n) is 4.15. The first-order valence-electron chi connectivity index (χ1n) is 8.57. The van der Waals surface area contributed by atoms with Gasteiger partial charge in [-0.05, 0) is 36.5 Å². The van der Waals surface area contributed by atoms with Crippen molar-refractivity contribution in [1.29, 1.82) is 0 Å². The summed E-state index contributed by atoms with van der Waals surface area (Å²) in [5, 5.41) is 2.75. The zero-order valence-corrected chi connectivity index (χ0v) is 16.7. The van der Waals surface area contributed by atoms with Gasteiger partial charge in [-0.1, -0.05) is 41.9 Å². The molecule has 0 bridgehead atoms. The molecule has 0 unspecified atom stereocenters. The number of hydrogen-bond donors (Lipinski definition) is 1. The molecule has 0 aliphatic carbocycles. The number of halogens is 2. The Morgan fingerprint density at radius 3 is 2.69 bits per heavy atom. The zero-order valence-electron chi connectivity index (χ0n) is 15.2. The Morgan fingerprint density at radius 1 is 1.21 bits per heavy atom. The van der Waals surface area contributed by atoms with Crippen LogP contribution in [0.2, 0.25) is 5.02 Å². The first-order chi connectivity index (χ1) is 13.9. The molecular formula is C21H16ClFN2O3S. The second-order valence-corrected chi connectivity index (χ2v) is 6.84. The average Bonchev–Trinajstić information content (AvgIpc) is 2.69. The highest BCUT2D eigenvalue weighted by Crippen LogP contribution is 2.26. The minimum atomic E-state index is -0.604. The van der Waals surface area contributed by atoms with E-state index in [1.807, 2.05) is 0 Å². The van der Waals surface area contributed by atoms with Gasteiger partial charge in [-0.25, -0.2) is 4.39 Å². The van der Waals surface area contributed by atoms with Gasteiger partial charge in [0.1, 0.15) is 23.7 Å². The van der Waals surface area contributed by atoms with E-state index in [0.717, 1.165) is 0 Å². The van der Waals surface area contributed by atoms with Crippen molar-refractivity contribution in [2.75, 3.05) is 6.54 Å². The Bertz CT molecular complexity index is 1020. The smallest absolute Gasteiger partial charge is 0.265 e. The van der Waals surface area contributed by atoms with Crippen LogP contribution in [-0.2, 0) is 16.2 Å². The monoisotopic (exact) mass is 430 g/mol. The number of thiocarbonyl (C=S) groups is 1. The third-order valence-corrected chi connectivity index (χ3v) is 4.83. The molecule has 3 rings (SSSR count). The maximum atomic E-state index is 14.0. The number of benzene rings is 2. The molecule has 1 aliphatic rings. The van der Waals surface area contributed by atoms with E-state index in [9.17, 15) is 14.0 Å². The van der Waals surface area contributed by atoms with E-state index in [1.54, 1.807) is 30.3 Å². The van der Waals surface area contributed by atoms with Gasteiger partial charge in [0.15, 0.2) is 5.11 Å². The lowest BCUT2D eigenvalue weighted by molar-refractivity contribution is -0.128. The normalized spacial score (nSPS) is 15.4. The van der Waals surface area contributed by atoms with Gasteiger partial charge in [0.05, 0.1) is 5.02 Å². The number of nitrogens with zero attached hydrogens (tertiary/aromatic N) is 1. The summed E-state index contributed by atoms with van der Waals surface area (Å²) in [7, 11) is 0. The Kier molecular flexibility index (Phi) is 6.41. The van der Waals surface area contributed by atoms with Crippen LogP contribution in [0, 0.1) is 5.82 Å². The van der Waals surface area contributed by atoms with Crippen molar-refractivity contribution >= 4 is 46.8 Å².